The molecule has 7 heterocycles. The molecule has 0 aliphatic carbocycles. The summed E-state index contributed by atoms with van der Waals surface area (Å²) in [6.07, 6.45) is 3.86. The van der Waals surface area contributed by atoms with Gasteiger partial charge in [-0.3, -0.25) is 48.4 Å². The largest absolute Gasteiger partial charge is 0.467 e. The highest BCUT2D eigenvalue weighted by atomic mass is 32.2. The van der Waals surface area contributed by atoms with E-state index in [0.29, 0.717) is 103 Å². The lowest BCUT2D eigenvalue weighted by Crippen LogP contribution is -2.43. The Morgan fingerprint density at radius 2 is 0.787 bits per heavy atom. The summed E-state index contributed by atoms with van der Waals surface area (Å²) in [5, 5.41) is 12.9. The van der Waals surface area contributed by atoms with Crippen molar-refractivity contribution in [3.63, 3.8) is 0 Å². The van der Waals surface area contributed by atoms with E-state index in [1.807, 2.05) is 60.7 Å². The standard InChI is InChI=1S/C33H29FN4O5S.C31H27FN4O5S.C30H25FN4O5S/c34-24-9-4-10-26(19-24)36-32-38(20-27-11-6-18-42-27)31(40)29(44-32)23-13-15-25(16-14-23)35-30(39)28-12-5-17-37(28)33(41)43-21-22-7-2-1-3-8-22;1-20(33-31(39)41-19-21-7-3-2-4-8-21)28(37)34-24-14-12-22(13-15-24)27-29(38)36(18-26-11-6-16-40-26)30(42-27)35-25-10-5-9-23(32)17-25;1-19(32-30(38)40-24-9-3-2-4-10-24)27(36)33-22-14-12-20(13-15-22)26-28(37)35(18-25-11-6-16-39-25)29(41-26)34-23-8-5-7-21(31)17-23/h1-4,6-11,13-16,18-19,28-29H,5,12,17,20-21H2,(H,35,39);2-17,20,27H,18-19H2,1H3,(H,33,39)(H,34,37);2-17,19,26H,18H2,1H3,(H,32,38)(H,33,36)/t28-,29?;20-,27?;19-,26?/m000/s1. The maximum absolute atomic E-state index is 13.8. The van der Waals surface area contributed by atoms with Crippen molar-refractivity contribution in [1.82, 2.24) is 30.2 Å². The van der Waals surface area contributed by atoms with Crippen molar-refractivity contribution in [1.29, 1.82) is 0 Å². The number of thioether (sulfide) groups is 3. The van der Waals surface area contributed by atoms with Gasteiger partial charge < -0.3 is 54.0 Å². The molecule has 4 saturated heterocycles. The molecule has 0 radical (unpaired) electrons. The van der Waals surface area contributed by atoms with E-state index >= 15 is 0 Å². The molecule has 0 bridgehead atoms. The van der Waals surface area contributed by atoms with Gasteiger partial charge >= 0.3 is 18.3 Å². The number of hydrogen-bond acceptors (Lipinski definition) is 21. The fraction of sp³-hybridized carbons (Fsp3) is 0.170. The van der Waals surface area contributed by atoms with Gasteiger partial charge in [-0.25, -0.2) is 42.5 Å². The van der Waals surface area contributed by atoms with E-state index < -0.39 is 81.4 Å². The molecule has 5 N–H and O–H groups in total. The number of nitrogens with zero attached hydrogens (tertiary/aromatic N) is 7. The molecule has 3 unspecified atom stereocenters. The number of likely N-dealkylation sites (tertiary alicyclic amines) is 1. The summed E-state index contributed by atoms with van der Waals surface area (Å²) in [5.41, 5.74) is 6.52. The minimum atomic E-state index is -0.866. The Labute approximate surface area is 739 Å². The highest BCUT2D eigenvalue weighted by molar-refractivity contribution is 8.15. The lowest BCUT2D eigenvalue weighted by Gasteiger charge is -2.23. The number of anilines is 3. The number of aliphatic imine (C=N–C) groups is 3. The van der Waals surface area contributed by atoms with Crippen LogP contribution in [-0.4, -0.2) is 113 Å². The minimum Gasteiger partial charge on any atom is -0.467 e. The average Bonchev–Trinajstić information content (AvgIpc) is 1.65. The average molecular weight is 1770 g/mol. The van der Waals surface area contributed by atoms with Gasteiger partial charge in [-0.1, -0.05) is 169 Å². The number of alkyl carbamates (subject to hydrolysis) is 1. The quantitative estimate of drug-likeness (QED) is 0.0355. The van der Waals surface area contributed by atoms with Gasteiger partial charge in [0.1, 0.15) is 87.6 Å². The monoisotopic (exact) mass is 1770 g/mol. The predicted octanol–water partition coefficient (Wildman–Crippen LogP) is 18.9. The Hall–Kier alpha value is -14.7. The molecule has 646 valence electrons. The number of nitrogens with one attached hydrogen (secondary N) is 5. The van der Waals surface area contributed by atoms with Gasteiger partial charge in [-0.15, -0.1) is 0 Å². The van der Waals surface area contributed by atoms with Crippen molar-refractivity contribution in [3.8, 4) is 5.75 Å². The fourth-order valence-electron chi connectivity index (χ4n) is 13.2. The Morgan fingerprint density at radius 1 is 0.425 bits per heavy atom. The molecule has 0 spiro atoms. The highest BCUT2D eigenvalue weighted by Crippen LogP contribution is 2.45. The molecule has 3 aromatic heterocycles. The molecule has 6 atom stereocenters. The third-order valence-corrected chi connectivity index (χ3v) is 23.4. The van der Waals surface area contributed by atoms with Gasteiger partial charge in [-0.2, -0.15) is 0 Å². The van der Waals surface area contributed by atoms with E-state index in [4.69, 9.17) is 27.5 Å². The summed E-state index contributed by atoms with van der Waals surface area (Å²) in [5.74, 6) is -0.905. The summed E-state index contributed by atoms with van der Waals surface area (Å²) in [7, 11) is 0. The molecule has 127 heavy (non-hydrogen) atoms. The van der Waals surface area contributed by atoms with Crippen molar-refractivity contribution < 1.29 is 83.8 Å². The van der Waals surface area contributed by atoms with Crippen LogP contribution in [0.25, 0.3) is 0 Å². The molecule has 4 fully saturated rings. The third kappa shape index (κ3) is 24.2. The van der Waals surface area contributed by atoms with Gasteiger partial charge in [-0.05, 0) is 194 Å². The zero-order valence-electron chi connectivity index (χ0n) is 67.9. The second-order valence-electron chi connectivity index (χ2n) is 28.8. The molecule has 9 aromatic carbocycles. The number of halogens is 3. The van der Waals surface area contributed by atoms with E-state index in [-0.39, 0.29) is 56.5 Å². The molecular weight excluding hydrogens is 1690 g/mol. The van der Waals surface area contributed by atoms with Gasteiger partial charge in [0, 0.05) is 23.6 Å². The van der Waals surface area contributed by atoms with Crippen molar-refractivity contribution >= 4 is 139 Å². The van der Waals surface area contributed by atoms with Crippen LogP contribution in [0.2, 0.25) is 0 Å². The predicted molar refractivity (Wildman–Crippen MR) is 475 cm³/mol. The molecule has 27 nitrogen and oxygen atoms in total. The zero-order chi connectivity index (χ0) is 88.7. The molecule has 4 aliphatic heterocycles. The number of carbonyl (C=O) groups is 9. The number of hydrogen-bond donors (Lipinski definition) is 5. The van der Waals surface area contributed by atoms with Crippen LogP contribution in [0.4, 0.5) is 61.7 Å². The number of amides is 9. The van der Waals surface area contributed by atoms with Crippen molar-refractivity contribution in [2.24, 2.45) is 15.0 Å². The zero-order valence-corrected chi connectivity index (χ0v) is 70.4. The highest BCUT2D eigenvalue weighted by Gasteiger charge is 2.43. The summed E-state index contributed by atoms with van der Waals surface area (Å²) in [6.45, 7) is 4.30. The SMILES string of the molecule is C[C@H](NC(=O)OCc1ccccc1)C(=O)Nc1ccc(C2SC(=Nc3cccc(F)c3)N(Cc3ccco3)C2=O)cc1.C[C@H](NC(=O)Oc1ccccc1)C(=O)Nc1ccc(C2SC(=Nc3cccc(F)c3)N(Cc3ccco3)C2=O)cc1.O=C(Nc1ccc(C2SC(=Nc3cccc(F)c3)N(Cc3ccco3)C2=O)cc1)[C@@H]1CCCN1C(=O)OCc1ccccc1. The first-order chi connectivity index (χ1) is 61.6. The summed E-state index contributed by atoms with van der Waals surface area (Å²) < 4.78 is 73.5. The Balaban J connectivity index is 0.000000154. The maximum Gasteiger partial charge on any atom is 0.413 e. The second-order valence-corrected chi connectivity index (χ2v) is 32.1. The minimum absolute atomic E-state index is 0.0912. The molecule has 33 heteroatoms. The van der Waals surface area contributed by atoms with Crippen LogP contribution < -0.4 is 31.3 Å². The van der Waals surface area contributed by atoms with Crippen LogP contribution in [0, 0.1) is 17.5 Å². The second kappa shape index (κ2) is 42.6. The van der Waals surface area contributed by atoms with Crippen LogP contribution in [0.3, 0.4) is 0 Å². The number of rotatable bonds is 25. The van der Waals surface area contributed by atoms with Gasteiger partial charge in [0.05, 0.1) is 55.5 Å². The number of carbonyl (C=O) groups excluding carboxylic acids is 9. The van der Waals surface area contributed by atoms with E-state index in [0.717, 1.165) is 16.7 Å². The molecule has 12 aromatic rings. The number of amidine groups is 3. The number of furan rings is 3. The van der Waals surface area contributed by atoms with Gasteiger partial charge in [0.25, 0.3) is 0 Å². The first-order valence-corrected chi connectivity index (χ1v) is 42.5. The normalized spacial score (nSPS) is 17.3. The maximum atomic E-state index is 13.8. The Bertz CT molecular complexity index is 5950. The van der Waals surface area contributed by atoms with Crippen LogP contribution in [0.5, 0.6) is 5.75 Å². The summed E-state index contributed by atoms with van der Waals surface area (Å²) in [6, 6.07) is 73.5. The van der Waals surface area contributed by atoms with Crippen molar-refractivity contribution in [2.75, 3.05) is 22.5 Å². The van der Waals surface area contributed by atoms with E-state index in [1.54, 1.807) is 183 Å². The first-order valence-electron chi connectivity index (χ1n) is 39.9. The molecule has 0 saturated carbocycles. The molecule has 4 aliphatic rings. The smallest absolute Gasteiger partial charge is 0.413 e. The van der Waals surface area contributed by atoms with Crippen LogP contribution >= 0.6 is 35.3 Å². The summed E-state index contributed by atoms with van der Waals surface area (Å²) >= 11 is 3.76. The van der Waals surface area contributed by atoms with Crippen LogP contribution in [0.1, 0.15) is 87.5 Å². The van der Waals surface area contributed by atoms with Crippen molar-refractivity contribution in [2.45, 2.75) is 93.4 Å². The number of ether oxygens (including phenoxy) is 3. The number of para-hydroxylation sites is 1. The van der Waals surface area contributed by atoms with Crippen LogP contribution in [-0.2, 0) is 71.1 Å². The Kier molecular flexibility index (Phi) is 29.7. The topological polar surface area (TPSA) is 331 Å². The lowest BCUT2D eigenvalue weighted by molar-refractivity contribution is -0.127. The van der Waals surface area contributed by atoms with Crippen LogP contribution in [0.15, 0.2) is 320 Å². The molecular formula is C94H81F3N12O15S3. The summed E-state index contributed by atoms with van der Waals surface area (Å²) in [4.78, 5) is 136. The molecule has 16 rings (SSSR count). The molecule has 9 amide bonds. The van der Waals surface area contributed by atoms with Gasteiger partial charge in [0.15, 0.2) is 15.5 Å². The van der Waals surface area contributed by atoms with E-state index in [9.17, 15) is 56.3 Å². The number of benzene rings is 9. The lowest BCUT2D eigenvalue weighted by atomic mass is 10.1. The fourth-order valence-corrected chi connectivity index (χ4v) is 16.7. The van der Waals surface area contributed by atoms with Crippen molar-refractivity contribution in [3.05, 3.63) is 354 Å². The van der Waals surface area contributed by atoms with E-state index in [2.05, 4.69) is 41.6 Å². The first kappa shape index (κ1) is 88.6. The third-order valence-electron chi connectivity index (χ3n) is 19.7. The Morgan fingerprint density at radius 3 is 1.16 bits per heavy atom. The van der Waals surface area contributed by atoms with E-state index in [1.165, 1.54) is 117 Å². The van der Waals surface area contributed by atoms with Gasteiger partial charge in [0.2, 0.25) is 35.4 Å².